The molecule has 0 unspecified atom stereocenters. The summed E-state index contributed by atoms with van der Waals surface area (Å²) in [5.74, 6) is 0. The van der Waals surface area contributed by atoms with Gasteiger partial charge in [0.05, 0.1) is 11.6 Å². The molecule has 1 aromatic heterocycles. The predicted molar refractivity (Wildman–Crippen MR) is 80.6 cm³/mol. The molecule has 1 heterocycles. The van der Waals surface area contributed by atoms with Crippen molar-refractivity contribution in [3.8, 4) is 6.07 Å². The summed E-state index contributed by atoms with van der Waals surface area (Å²) in [5.41, 5.74) is 2.68. The summed E-state index contributed by atoms with van der Waals surface area (Å²) in [5, 5.41) is 9.71. The topological polar surface area (TPSA) is 39.9 Å². The summed E-state index contributed by atoms with van der Waals surface area (Å²) in [6.45, 7) is 1.40. The normalized spacial score (nSPS) is 10.6. The first-order valence-electron chi connectivity index (χ1n) is 6.07. The van der Waals surface area contributed by atoms with Gasteiger partial charge in [0.2, 0.25) is 0 Å². The summed E-state index contributed by atoms with van der Waals surface area (Å²) >= 11 is 11.8. The first-order chi connectivity index (χ1) is 9.58. The van der Waals surface area contributed by atoms with Gasteiger partial charge in [-0.05, 0) is 30.8 Å². The summed E-state index contributed by atoms with van der Waals surface area (Å²) in [4.78, 5) is 6.13. The standard InChI is InChI=1S/C15H13Cl2N3/c1-20(9-12-4-2-3-11(7-12)8-18)10-13-5-6-14(16)19-15(13)17/h2-7H,9-10H2,1H3. The van der Waals surface area contributed by atoms with Gasteiger partial charge in [-0.3, -0.25) is 4.90 Å². The molecular weight excluding hydrogens is 293 g/mol. The number of nitrogens with zero attached hydrogens (tertiary/aromatic N) is 3. The first-order valence-corrected chi connectivity index (χ1v) is 6.82. The number of pyridine rings is 1. The number of hydrogen-bond donors (Lipinski definition) is 0. The Labute approximate surface area is 128 Å². The third kappa shape index (κ3) is 3.94. The van der Waals surface area contributed by atoms with E-state index in [0.717, 1.165) is 17.7 Å². The predicted octanol–water partition coefficient (Wildman–Crippen LogP) is 3.89. The van der Waals surface area contributed by atoms with Crippen LogP contribution in [0.25, 0.3) is 0 Å². The molecule has 0 amide bonds. The van der Waals surface area contributed by atoms with E-state index < -0.39 is 0 Å². The maximum atomic E-state index is 8.89. The van der Waals surface area contributed by atoms with E-state index in [1.807, 2.05) is 31.3 Å². The Hall–Kier alpha value is -1.60. The van der Waals surface area contributed by atoms with E-state index in [-0.39, 0.29) is 0 Å². The zero-order valence-electron chi connectivity index (χ0n) is 11.0. The zero-order valence-corrected chi connectivity index (χ0v) is 12.5. The smallest absolute Gasteiger partial charge is 0.135 e. The van der Waals surface area contributed by atoms with Crippen LogP contribution in [0, 0.1) is 11.3 Å². The molecule has 0 N–H and O–H groups in total. The van der Waals surface area contributed by atoms with Crippen molar-refractivity contribution in [1.82, 2.24) is 9.88 Å². The lowest BCUT2D eigenvalue weighted by Crippen LogP contribution is -2.17. The average Bonchev–Trinajstić information content (AvgIpc) is 2.42. The zero-order chi connectivity index (χ0) is 14.5. The molecule has 0 aliphatic carbocycles. The number of benzene rings is 1. The quantitative estimate of drug-likeness (QED) is 0.805. The van der Waals surface area contributed by atoms with Gasteiger partial charge in [0, 0.05) is 18.7 Å². The molecule has 0 fully saturated rings. The maximum absolute atomic E-state index is 8.89. The van der Waals surface area contributed by atoms with Crippen LogP contribution in [0.15, 0.2) is 36.4 Å². The average molecular weight is 306 g/mol. The Kier molecular flexibility index (Phi) is 4.97. The van der Waals surface area contributed by atoms with Gasteiger partial charge < -0.3 is 0 Å². The highest BCUT2D eigenvalue weighted by molar-refractivity contribution is 6.32. The minimum atomic E-state index is 0.392. The number of rotatable bonds is 4. The van der Waals surface area contributed by atoms with Gasteiger partial charge in [-0.1, -0.05) is 41.4 Å². The summed E-state index contributed by atoms with van der Waals surface area (Å²) in [6, 6.07) is 13.3. The lowest BCUT2D eigenvalue weighted by molar-refractivity contribution is 0.319. The van der Waals surface area contributed by atoms with Crippen LogP contribution in [0.5, 0.6) is 0 Å². The fraction of sp³-hybridized carbons (Fsp3) is 0.200. The number of nitriles is 1. The summed E-state index contributed by atoms with van der Waals surface area (Å²) < 4.78 is 0. The van der Waals surface area contributed by atoms with Gasteiger partial charge >= 0.3 is 0 Å². The Bertz CT molecular complexity index is 650. The second kappa shape index (κ2) is 6.71. The van der Waals surface area contributed by atoms with Crippen molar-refractivity contribution in [2.24, 2.45) is 0 Å². The van der Waals surface area contributed by atoms with E-state index in [1.165, 1.54) is 0 Å². The Morgan fingerprint density at radius 1 is 1.20 bits per heavy atom. The van der Waals surface area contributed by atoms with E-state index in [9.17, 15) is 0 Å². The van der Waals surface area contributed by atoms with E-state index in [4.69, 9.17) is 28.5 Å². The Balaban J connectivity index is 2.05. The van der Waals surface area contributed by atoms with Gasteiger partial charge in [-0.25, -0.2) is 4.98 Å². The van der Waals surface area contributed by atoms with E-state index >= 15 is 0 Å². The molecule has 102 valence electrons. The minimum absolute atomic E-state index is 0.392. The second-order valence-electron chi connectivity index (χ2n) is 4.57. The molecule has 0 spiro atoms. The molecule has 0 bridgehead atoms. The molecule has 0 saturated heterocycles. The van der Waals surface area contributed by atoms with E-state index in [0.29, 0.717) is 22.4 Å². The number of aromatic nitrogens is 1. The molecule has 0 saturated carbocycles. The monoisotopic (exact) mass is 305 g/mol. The molecule has 0 radical (unpaired) electrons. The van der Waals surface area contributed by atoms with E-state index in [1.54, 1.807) is 12.1 Å². The van der Waals surface area contributed by atoms with Crippen molar-refractivity contribution in [1.29, 1.82) is 5.26 Å². The lowest BCUT2D eigenvalue weighted by Gasteiger charge is -2.17. The van der Waals surface area contributed by atoms with Gasteiger partial charge in [-0.15, -0.1) is 0 Å². The second-order valence-corrected chi connectivity index (χ2v) is 5.31. The molecule has 20 heavy (non-hydrogen) atoms. The van der Waals surface area contributed by atoms with Crippen molar-refractivity contribution < 1.29 is 0 Å². The van der Waals surface area contributed by atoms with Crippen LogP contribution in [-0.2, 0) is 13.1 Å². The van der Waals surface area contributed by atoms with Crippen molar-refractivity contribution in [3.63, 3.8) is 0 Å². The summed E-state index contributed by atoms with van der Waals surface area (Å²) in [6.07, 6.45) is 0. The highest BCUT2D eigenvalue weighted by Gasteiger charge is 2.07. The van der Waals surface area contributed by atoms with Crippen LogP contribution in [-0.4, -0.2) is 16.9 Å². The molecule has 2 rings (SSSR count). The fourth-order valence-corrected chi connectivity index (χ4v) is 2.36. The van der Waals surface area contributed by atoms with Crippen molar-refractivity contribution in [2.45, 2.75) is 13.1 Å². The van der Waals surface area contributed by atoms with Crippen molar-refractivity contribution in [2.75, 3.05) is 7.05 Å². The van der Waals surface area contributed by atoms with Crippen LogP contribution in [0.2, 0.25) is 10.3 Å². The molecule has 3 nitrogen and oxygen atoms in total. The highest BCUT2D eigenvalue weighted by atomic mass is 35.5. The van der Waals surface area contributed by atoms with Crippen LogP contribution < -0.4 is 0 Å². The fourth-order valence-electron chi connectivity index (χ4n) is 1.96. The largest absolute Gasteiger partial charge is 0.298 e. The Morgan fingerprint density at radius 2 is 2.00 bits per heavy atom. The molecule has 2 aromatic rings. The van der Waals surface area contributed by atoms with Crippen molar-refractivity contribution in [3.05, 3.63) is 63.4 Å². The molecule has 0 atom stereocenters. The third-order valence-electron chi connectivity index (χ3n) is 2.84. The minimum Gasteiger partial charge on any atom is -0.298 e. The molecule has 0 aliphatic heterocycles. The molecule has 0 aliphatic rings. The maximum Gasteiger partial charge on any atom is 0.135 e. The SMILES string of the molecule is CN(Cc1cccc(C#N)c1)Cc1ccc(Cl)nc1Cl. The van der Waals surface area contributed by atoms with Crippen LogP contribution in [0.1, 0.15) is 16.7 Å². The summed E-state index contributed by atoms with van der Waals surface area (Å²) in [7, 11) is 1.99. The number of hydrogen-bond acceptors (Lipinski definition) is 3. The molecule has 1 aromatic carbocycles. The third-order valence-corrected chi connectivity index (χ3v) is 3.38. The van der Waals surface area contributed by atoms with Crippen LogP contribution in [0.3, 0.4) is 0 Å². The Morgan fingerprint density at radius 3 is 2.70 bits per heavy atom. The van der Waals surface area contributed by atoms with Gasteiger partial charge in [0.15, 0.2) is 0 Å². The molecular formula is C15H13Cl2N3. The molecule has 5 heteroatoms. The van der Waals surface area contributed by atoms with Gasteiger partial charge in [0.25, 0.3) is 0 Å². The highest BCUT2D eigenvalue weighted by Crippen LogP contribution is 2.18. The van der Waals surface area contributed by atoms with Crippen LogP contribution in [0.4, 0.5) is 0 Å². The van der Waals surface area contributed by atoms with Gasteiger partial charge in [0.1, 0.15) is 10.3 Å². The first kappa shape index (κ1) is 14.8. The lowest BCUT2D eigenvalue weighted by atomic mass is 10.1. The number of halogens is 2. The van der Waals surface area contributed by atoms with Crippen LogP contribution >= 0.6 is 23.2 Å². The van der Waals surface area contributed by atoms with Crippen molar-refractivity contribution >= 4 is 23.2 Å². The van der Waals surface area contributed by atoms with Gasteiger partial charge in [-0.2, -0.15) is 5.26 Å². The van der Waals surface area contributed by atoms with E-state index in [2.05, 4.69) is 16.0 Å².